The van der Waals surface area contributed by atoms with E-state index in [1.807, 2.05) is 16.5 Å². The first-order valence-corrected chi connectivity index (χ1v) is 5.27. The Bertz CT molecular complexity index is 325. The number of hydrogen-bond acceptors (Lipinski definition) is 4. The zero-order valence-electron chi connectivity index (χ0n) is 9.35. The molecule has 0 N–H and O–H groups in total. The number of nitrogens with zero attached hydrogens (tertiary/aromatic N) is 5. The lowest BCUT2D eigenvalue weighted by molar-refractivity contribution is 0.298. The summed E-state index contributed by atoms with van der Waals surface area (Å²) >= 11 is 0. The summed E-state index contributed by atoms with van der Waals surface area (Å²) in [6.07, 6.45) is 2.62. The third-order valence-electron chi connectivity index (χ3n) is 2.24. The third-order valence-corrected chi connectivity index (χ3v) is 2.24. The minimum atomic E-state index is 0.440. The highest BCUT2D eigenvalue weighted by molar-refractivity contribution is 4.87. The van der Waals surface area contributed by atoms with Crippen LogP contribution in [-0.4, -0.2) is 32.8 Å². The Balaban J connectivity index is 2.62. The maximum Gasteiger partial charge on any atom is 0.141 e. The van der Waals surface area contributed by atoms with E-state index in [1.54, 1.807) is 6.33 Å². The van der Waals surface area contributed by atoms with Crippen LogP contribution in [-0.2, 0) is 13.1 Å². The summed E-state index contributed by atoms with van der Waals surface area (Å²) in [4.78, 5) is 6.24. The van der Waals surface area contributed by atoms with Crippen molar-refractivity contribution in [3.8, 4) is 6.07 Å². The monoisotopic (exact) mass is 207 g/mol. The van der Waals surface area contributed by atoms with Gasteiger partial charge in [0.2, 0.25) is 0 Å². The highest BCUT2D eigenvalue weighted by Gasteiger charge is 2.08. The second-order valence-corrected chi connectivity index (χ2v) is 3.36. The van der Waals surface area contributed by atoms with Gasteiger partial charge in [-0.25, -0.2) is 9.67 Å². The molecule has 0 bridgehead atoms. The molecule has 0 saturated heterocycles. The van der Waals surface area contributed by atoms with Crippen molar-refractivity contribution in [1.29, 1.82) is 5.26 Å². The van der Waals surface area contributed by atoms with E-state index in [0.29, 0.717) is 13.1 Å². The molecule has 0 saturated carbocycles. The van der Waals surface area contributed by atoms with Crippen molar-refractivity contribution in [3.05, 3.63) is 12.2 Å². The van der Waals surface area contributed by atoms with Crippen LogP contribution in [0, 0.1) is 11.3 Å². The van der Waals surface area contributed by atoms with Crippen LogP contribution in [0.5, 0.6) is 0 Å². The molecule has 82 valence electrons. The second kappa shape index (κ2) is 6.14. The summed E-state index contributed by atoms with van der Waals surface area (Å²) < 4.78 is 1.90. The normalized spacial score (nSPS) is 10.5. The van der Waals surface area contributed by atoms with E-state index in [0.717, 1.165) is 25.3 Å². The molecule has 0 aliphatic heterocycles. The van der Waals surface area contributed by atoms with E-state index in [4.69, 9.17) is 5.26 Å². The van der Waals surface area contributed by atoms with Crippen LogP contribution >= 0.6 is 0 Å². The zero-order valence-corrected chi connectivity index (χ0v) is 9.35. The molecular weight excluding hydrogens is 190 g/mol. The maximum atomic E-state index is 8.63. The fourth-order valence-corrected chi connectivity index (χ4v) is 1.39. The van der Waals surface area contributed by atoms with Gasteiger partial charge in [-0.05, 0) is 13.0 Å². The van der Waals surface area contributed by atoms with Crippen molar-refractivity contribution in [2.45, 2.75) is 33.4 Å². The number of rotatable bonds is 6. The SMILES string of the molecule is CCCn1ncnc1CN(CC)CC#N. The fraction of sp³-hybridized carbons (Fsp3) is 0.700. The van der Waals surface area contributed by atoms with E-state index < -0.39 is 0 Å². The van der Waals surface area contributed by atoms with Crippen LogP contribution in [0.15, 0.2) is 6.33 Å². The Labute approximate surface area is 90.3 Å². The third kappa shape index (κ3) is 3.33. The average molecular weight is 207 g/mol. The van der Waals surface area contributed by atoms with Crippen molar-refractivity contribution >= 4 is 0 Å². The van der Waals surface area contributed by atoms with Crippen molar-refractivity contribution in [2.75, 3.05) is 13.1 Å². The topological polar surface area (TPSA) is 57.7 Å². The number of hydrogen-bond donors (Lipinski definition) is 0. The van der Waals surface area contributed by atoms with Gasteiger partial charge >= 0.3 is 0 Å². The summed E-state index contributed by atoms with van der Waals surface area (Å²) in [6, 6.07) is 2.15. The molecule has 1 aromatic rings. The molecule has 0 spiro atoms. The molecule has 0 aromatic carbocycles. The van der Waals surface area contributed by atoms with Gasteiger partial charge in [0.05, 0.1) is 19.2 Å². The van der Waals surface area contributed by atoms with Gasteiger partial charge < -0.3 is 0 Å². The Morgan fingerprint density at radius 3 is 2.93 bits per heavy atom. The highest BCUT2D eigenvalue weighted by atomic mass is 15.3. The summed E-state index contributed by atoms with van der Waals surface area (Å²) in [5, 5.41) is 12.8. The lowest BCUT2D eigenvalue weighted by Crippen LogP contribution is -2.25. The largest absolute Gasteiger partial charge is 0.283 e. The first-order valence-electron chi connectivity index (χ1n) is 5.27. The molecule has 0 amide bonds. The van der Waals surface area contributed by atoms with Crippen molar-refractivity contribution in [3.63, 3.8) is 0 Å². The van der Waals surface area contributed by atoms with Crippen molar-refractivity contribution in [2.24, 2.45) is 0 Å². The minimum absolute atomic E-state index is 0.440. The van der Waals surface area contributed by atoms with E-state index in [2.05, 4.69) is 23.1 Å². The van der Waals surface area contributed by atoms with E-state index in [9.17, 15) is 0 Å². The summed E-state index contributed by atoms with van der Waals surface area (Å²) in [7, 11) is 0. The Hall–Kier alpha value is -1.41. The van der Waals surface area contributed by atoms with Crippen LogP contribution in [0.4, 0.5) is 0 Å². The van der Waals surface area contributed by atoms with Crippen LogP contribution in [0.2, 0.25) is 0 Å². The van der Waals surface area contributed by atoms with Crippen LogP contribution in [0.3, 0.4) is 0 Å². The highest BCUT2D eigenvalue weighted by Crippen LogP contribution is 2.01. The molecule has 5 nitrogen and oxygen atoms in total. The Morgan fingerprint density at radius 2 is 2.33 bits per heavy atom. The van der Waals surface area contributed by atoms with Gasteiger partial charge in [0, 0.05) is 6.54 Å². The van der Waals surface area contributed by atoms with Crippen LogP contribution in [0.25, 0.3) is 0 Å². The van der Waals surface area contributed by atoms with Crippen molar-refractivity contribution in [1.82, 2.24) is 19.7 Å². The lowest BCUT2D eigenvalue weighted by atomic mass is 10.4. The molecule has 0 aliphatic rings. The minimum Gasteiger partial charge on any atom is -0.283 e. The molecule has 0 radical (unpaired) electrons. The summed E-state index contributed by atoms with van der Waals surface area (Å²) in [5.74, 6) is 0.939. The van der Waals surface area contributed by atoms with Gasteiger partial charge in [0.1, 0.15) is 12.2 Å². The first-order chi connectivity index (χ1) is 7.31. The van der Waals surface area contributed by atoms with Crippen LogP contribution in [0.1, 0.15) is 26.1 Å². The van der Waals surface area contributed by atoms with E-state index >= 15 is 0 Å². The Morgan fingerprint density at radius 1 is 1.53 bits per heavy atom. The molecule has 1 aromatic heterocycles. The molecule has 1 heterocycles. The van der Waals surface area contributed by atoms with Gasteiger partial charge in [-0.2, -0.15) is 10.4 Å². The molecule has 15 heavy (non-hydrogen) atoms. The smallest absolute Gasteiger partial charge is 0.141 e. The van der Waals surface area contributed by atoms with Crippen LogP contribution < -0.4 is 0 Å². The predicted molar refractivity (Wildman–Crippen MR) is 56.9 cm³/mol. The lowest BCUT2D eigenvalue weighted by Gasteiger charge is -2.16. The molecule has 0 unspecified atom stereocenters. The van der Waals surface area contributed by atoms with E-state index in [1.165, 1.54) is 0 Å². The fourth-order valence-electron chi connectivity index (χ4n) is 1.39. The molecule has 0 atom stereocenters. The summed E-state index contributed by atoms with van der Waals surface area (Å²) in [5.41, 5.74) is 0. The van der Waals surface area contributed by atoms with Gasteiger partial charge in [0.15, 0.2) is 0 Å². The molecule has 0 aliphatic carbocycles. The van der Waals surface area contributed by atoms with Gasteiger partial charge in [-0.15, -0.1) is 0 Å². The number of aromatic nitrogens is 3. The molecule has 5 heteroatoms. The molecular formula is C10H17N5. The molecule has 0 fully saturated rings. The first kappa shape index (κ1) is 11.7. The standard InChI is InChI=1S/C10H17N5/c1-3-6-15-10(12-9-13-15)8-14(4-2)7-5-11/h9H,3-4,6-8H2,1-2H3. The second-order valence-electron chi connectivity index (χ2n) is 3.36. The average Bonchev–Trinajstić information content (AvgIpc) is 2.66. The Kier molecular flexibility index (Phi) is 4.78. The quantitative estimate of drug-likeness (QED) is 0.654. The predicted octanol–water partition coefficient (Wildman–Crippen LogP) is 1.03. The van der Waals surface area contributed by atoms with Gasteiger partial charge in [0.25, 0.3) is 0 Å². The summed E-state index contributed by atoms with van der Waals surface area (Å²) in [6.45, 7) is 7.03. The number of aryl methyl sites for hydroxylation is 1. The molecule has 1 rings (SSSR count). The van der Waals surface area contributed by atoms with Gasteiger partial charge in [-0.3, -0.25) is 4.90 Å². The number of nitriles is 1. The maximum absolute atomic E-state index is 8.63. The van der Waals surface area contributed by atoms with E-state index in [-0.39, 0.29) is 0 Å². The van der Waals surface area contributed by atoms with Gasteiger partial charge in [-0.1, -0.05) is 13.8 Å². The zero-order chi connectivity index (χ0) is 11.1. The van der Waals surface area contributed by atoms with Crippen molar-refractivity contribution < 1.29 is 0 Å².